The normalized spacial score (nSPS) is 14.2. The molecular weight excluding hydrogens is 2200 g/mol. The van der Waals surface area contributed by atoms with Crippen LogP contribution in [-0.2, 0) is 90.2 Å². The summed E-state index contributed by atoms with van der Waals surface area (Å²) in [6, 6.07) is 115. The van der Waals surface area contributed by atoms with E-state index in [9.17, 15) is 13.0 Å². The van der Waals surface area contributed by atoms with Gasteiger partial charge in [-0.05, 0) is 109 Å². The van der Waals surface area contributed by atoms with E-state index in [0.717, 1.165) is 140 Å². The average Bonchev–Trinajstić information content (AvgIpc) is 1.52. The SMILES string of the molecule is CC(C)(C)C1=[N+]=NC(c2[c-]cc(-c3ccc4c(c3)S(=O)(=O)c3ccccc3-4)cc2)=C1.CC(C)(C)C1=[N+]=NC(c2[c-]cc(-c3ccc4c5ccccc5n(C(C)(C)C)c4c3)cc2)=C1.CC1=[N+]=NC(c2[c-]cc(-c3ccc4c(c3)P(=O)(c3ccccc3)c3ccccc3-4)cc2)=C1.Cn1ccnc1-c1[c-]cccc1.[Pt+2].[Pt+2].[Pt+2].[c-]1ccccc1-c1ncco1.[c-]1ccccc1-n1cccn1. The van der Waals surface area contributed by atoms with Crippen molar-refractivity contribution in [2.24, 2.45) is 33.2 Å². The summed E-state index contributed by atoms with van der Waals surface area (Å²) in [5.74, 6) is 1.57. The van der Waals surface area contributed by atoms with Gasteiger partial charge in [0.2, 0.25) is 9.84 Å². The van der Waals surface area contributed by atoms with Crippen LogP contribution in [0.3, 0.4) is 0 Å². The predicted octanol–water partition coefficient (Wildman–Crippen LogP) is 23.9. The average molecular weight is 2290 g/mol. The Morgan fingerprint density at radius 1 is 0.412 bits per heavy atom. The molecule has 4 aromatic heterocycles. The van der Waals surface area contributed by atoms with Gasteiger partial charge in [-0.25, -0.2) is 8.42 Å². The van der Waals surface area contributed by atoms with Crippen LogP contribution in [0.1, 0.15) is 85.9 Å². The fourth-order valence-corrected chi connectivity index (χ4v) is 20.5. The van der Waals surface area contributed by atoms with Crippen LogP contribution in [0.2, 0.25) is 0 Å². The molecule has 0 spiro atoms. The minimum atomic E-state index is -3.49. The summed E-state index contributed by atoms with van der Waals surface area (Å²) in [6.07, 6.45) is 16.5. The number of oxazole rings is 1. The van der Waals surface area contributed by atoms with Crippen molar-refractivity contribution in [2.45, 2.75) is 84.6 Å². The fourth-order valence-electron chi connectivity index (χ4n) is 15.7. The van der Waals surface area contributed by atoms with E-state index in [1.54, 1.807) is 47.7 Å². The Hall–Kier alpha value is -13.1. The number of aromatic nitrogens is 6. The number of benzene rings is 13. The molecule has 5 aliphatic rings. The third-order valence-corrected chi connectivity index (χ3v) is 27.2. The first-order chi connectivity index (χ1) is 61.8. The van der Waals surface area contributed by atoms with Gasteiger partial charge in [0.1, 0.15) is 5.89 Å². The molecule has 652 valence electrons. The van der Waals surface area contributed by atoms with Crippen LogP contribution in [0, 0.1) is 47.2 Å². The molecular formula is C110H90N12O4PPt3S+3. The van der Waals surface area contributed by atoms with Crippen molar-refractivity contribution >= 4 is 88.9 Å². The summed E-state index contributed by atoms with van der Waals surface area (Å²) in [5, 5.41) is 22.2. The zero-order valence-electron chi connectivity index (χ0n) is 73.7. The first-order valence-electron chi connectivity index (χ1n) is 42.1. The Bertz CT molecular complexity index is 7450. The summed E-state index contributed by atoms with van der Waals surface area (Å²) >= 11 is 0. The smallest absolute Gasteiger partial charge is 0.489 e. The Kier molecular flexibility index (Phi) is 28.8. The second-order valence-corrected chi connectivity index (χ2v) is 38.8. The molecule has 21 heteroatoms. The van der Waals surface area contributed by atoms with Gasteiger partial charge in [0.25, 0.3) is 0 Å². The summed E-state index contributed by atoms with van der Waals surface area (Å²) in [7, 11) is -4.44. The molecule has 17 aromatic rings. The topological polar surface area (TPSA) is 197 Å². The van der Waals surface area contributed by atoms with Crippen LogP contribution in [0.25, 0.3) is 123 Å². The van der Waals surface area contributed by atoms with Crippen LogP contribution in [0.4, 0.5) is 0 Å². The number of nitrogens with zero attached hydrogens (tertiary/aromatic N) is 12. The van der Waals surface area contributed by atoms with Gasteiger partial charge in [-0.2, -0.15) is 29.4 Å². The molecule has 0 aliphatic carbocycles. The molecule has 0 N–H and O–H groups in total. The number of para-hydroxylation sites is 2. The predicted molar refractivity (Wildman–Crippen MR) is 512 cm³/mol. The molecule has 131 heavy (non-hydrogen) atoms. The van der Waals surface area contributed by atoms with Crippen molar-refractivity contribution in [1.82, 2.24) is 28.9 Å². The van der Waals surface area contributed by atoms with Crippen LogP contribution in [0.5, 0.6) is 0 Å². The van der Waals surface area contributed by atoms with Gasteiger partial charge in [0, 0.05) is 126 Å². The number of hydrogen-bond acceptors (Lipinski definition) is 10. The van der Waals surface area contributed by atoms with E-state index in [2.05, 4.69) is 245 Å². The quantitative estimate of drug-likeness (QED) is 0.0737. The second kappa shape index (κ2) is 40.1. The Morgan fingerprint density at radius 3 is 1.46 bits per heavy atom. The van der Waals surface area contributed by atoms with Gasteiger partial charge in [0.15, 0.2) is 7.14 Å². The third-order valence-electron chi connectivity index (χ3n) is 22.2. The van der Waals surface area contributed by atoms with E-state index >= 15 is 0 Å². The van der Waals surface area contributed by atoms with E-state index < -0.39 is 17.0 Å². The zero-order valence-corrected chi connectivity index (χ0v) is 82.2. The van der Waals surface area contributed by atoms with Gasteiger partial charge in [0.05, 0.1) is 71.3 Å². The molecule has 0 amide bonds. The number of fused-ring (bicyclic) bond motifs is 9. The Labute approximate surface area is 807 Å². The van der Waals surface area contributed by atoms with Crippen LogP contribution < -0.4 is 15.9 Å². The van der Waals surface area contributed by atoms with E-state index in [4.69, 9.17) is 4.42 Å². The number of sulfone groups is 1. The molecule has 5 aliphatic heterocycles. The van der Waals surface area contributed by atoms with Gasteiger partial charge in [-0.1, -0.05) is 172 Å². The van der Waals surface area contributed by atoms with E-state index in [1.807, 2.05) is 225 Å². The molecule has 1 unspecified atom stereocenters. The maximum Gasteiger partial charge on any atom is 2.00 e. The van der Waals surface area contributed by atoms with Crippen molar-refractivity contribution in [3.05, 3.63) is 400 Å². The summed E-state index contributed by atoms with van der Waals surface area (Å²) in [4.78, 5) is 21.7. The van der Waals surface area contributed by atoms with Gasteiger partial charge < -0.3 is 18.1 Å². The number of imidazole rings is 1. The summed E-state index contributed by atoms with van der Waals surface area (Å²) in [6.45, 7) is 21.5. The van der Waals surface area contributed by atoms with Crippen molar-refractivity contribution in [2.75, 3.05) is 0 Å². The number of hydrogen-bond donors (Lipinski definition) is 0. The van der Waals surface area contributed by atoms with Gasteiger partial charge in [-0.15, -0.1) is 162 Å². The standard InChI is InChI=1S/C29H29N3.C28H19N2OP.C25H20N2O2S.C10H9N2.C9H7N2.C9H6NO.3Pt/c1-28(2,3)27-18-24(30-31-27)20-13-11-19(12-14-20)21-15-16-23-22-9-7-8-10-25(22)32(26(23)17-21)29(4,5)6;1-19-17-26(30-29-19)21-13-11-20(12-14-21)22-15-16-25-24-9-5-6-10-27(24)32(31,28(25)18-22)23-7-3-2-4-8-23;1-25(2,3)24-15-21(26-27-24)17-10-8-16(9-11-17)18-12-13-20-19-6-4-5-7-22(19)30(28,29)23(20)14-18;1-12-8-7-11-10(12)9-5-3-2-4-6-9;1-2-5-9(6-3-1)11-8-4-7-10-11;1-2-4-8(5-3-1)9-10-6-7-11-9;;;/h7-13,15-18H,1-6H3;2-13,15-18H,1H3;4-10,12-15H,1-3H3;2-5,7-8H,1H3;1-5,7-8H;1-4,6-7H;;;/q;;;3*-1;3*+2. The van der Waals surface area contributed by atoms with E-state index in [1.165, 1.54) is 27.4 Å². The maximum atomic E-state index is 14.7. The molecule has 13 aromatic carbocycles. The molecule has 22 rings (SSSR count). The molecule has 0 fully saturated rings. The molecule has 16 nitrogen and oxygen atoms in total. The van der Waals surface area contributed by atoms with Crippen LogP contribution in [-0.4, -0.2) is 68.8 Å². The number of rotatable bonds is 10. The Balaban J connectivity index is 0.000000133. The van der Waals surface area contributed by atoms with Crippen molar-refractivity contribution in [3.8, 4) is 84.2 Å². The minimum Gasteiger partial charge on any atom is -0.489 e. The van der Waals surface area contributed by atoms with Crippen molar-refractivity contribution < 1.29 is 95.0 Å². The van der Waals surface area contributed by atoms with Gasteiger partial charge in [-0.3, -0.25) is 14.6 Å². The summed E-state index contributed by atoms with van der Waals surface area (Å²) < 4.78 is 51.9. The first-order valence-corrected chi connectivity index (χ1v) is 45.3. The Morgan fingerprint density at radius 2 is 0.924 bits per heavy atom. The molecule has 0 saturated heterocycles. The molecule has 1 atom stereocenters. The van der Waals surface area contributed by atoms with Gasteiger partial charge >= 0.3 is 80.3 Å². The van der Waals surface area contributed by atoms with E-state index in [0.29, 0.717) is 15.7 Å². The fraction of sp³-hybridized carbons (Fsp3) is 0.127. The largest absolute Gasteiger partial charge is 2.00 e. The third kappa shape index (κ3) is 20.3. The number of allylic oxidation sites excluding steroid dienone is 3. The summed E-state index contributed by atoms with van der Waals surface area (Å²) in [5.41, 5.74) is 23.2. The van der Waals surface area contributed by atoms with Crippen LogP contribution in [0.15, 0.2) is 376 Å². The monoisotopic (exact) mass is 2290 g/mol. The second-order valence-electron chi connectivity index (χ2n) is 34.2. The van der Waals surface area contributed by atoms with E-state index in [-0.39, 0.29) is 79.6 Å². The molecule has 0 saturated carbocycles. The molecule has 9 heterocycles. The van der Waals surface area contributed by atoms with Crippen molar-refractivity contribution in [1.29, 1.82) is 0 Å². The zero-order chi connectivity index (χ0) is 88.9. The molecule has 0 bridgehead atoms. The maximum absolute atomic E-state index is 14.7. The molecule has 0 radical (unpaired) electrons. The van der Waals surface area contributed by atoms with Crippen LogP contribution >= 0.6 is 7.14 Å². The van der Waals surface area contributed by atoms with Crippen molar-refractivity contribution in [3.63, 3.8) is 0 Å². The minimum absolute atomic E-state index is 0. The number of aryl methyl sites for hydroxylation is 1. The first kappa shape index (κ1) is 94.0.